The molecule has 0 amide bonds. The molecule has 2 N–H and O–H groups in total. The first-order valence-electron chi connectivity index (χ1n) is 9.17. The second kappa shape index (κ2) is 8.81. The molecule has 2 aromatic rings. The van der Waals surface area contributed by atoms with Crippen molar-refractivity contribution in [3.8, 4) is 0 Å². The van der Waals surface area contributed by atoms with E-state index in [4.69, 9.17) is 4.74 Å². The molecule has 0 saturated carbocycles. The van der Waals surface area contributed by atoms with Crippen molar-refractivity contribution < 1.29 is 14.4 Å². The Kier molecular flexibility index (Phi) is 6.76. The van der Waals surface area contributed by atoms with Gasteiger partial charge in [0.25, 0.3) is 0 Å². The molecule has 0 radical (unpaired) electrons. The number of esters is 1. The smallest absolute Gasteiger partial charge is 0.338 e. The monoisotopic (exact) mass is 345 g/mol. The number of unbranched alkanes of at least 4 members (excludes halogenated alkanes) is 1. The minimum absolute atomic E-state index is 0.0137. The van der Waals surface area contributed by atoms with Gasteiger partial charge in [0, 0.05) is 16.6 Å². The van der Waals surface area contributed by atoms with Crippen molar-refractivity contribution in [3.05, 3.63) is 45.2 Å². The Morgan fingerprint density at radius 3 is 2.64 bits per heavy atom. The van der Waals surface area contributed by atoms with Gasteiger partial charge in [0.15, 0.2) is 5.43 Å². The number of hydrogen-bond acceptors (Lipinski definition) is 3. The molecule has 0 saturated heterocycles. The first kappa shape index (κ1) is 19.2. The zero-order valence-electron chi connectivity index (χ0n) is 15.7. The molecule has 1 aromatic carbocycles. The van der Waals surface area contributed by atoms with E-state index in [2.05, 4.69) is 18.8 Å². The minimum Gasteiger partial charge on any atom is -0.462 e. The summed E-state index contributed by atoms with van der Waals surface area (Å²) in [5.41, 5.74) is 2.90. The van der Waals surface area contributed by atoms with E-state index >= 15 is 0 Å². The summed E-state index contributed by atoms with van der Waals surface area (Å²) in [5.74, 6) is -0.394. The van der Waals surface area contributed by atoms with E-state index < -0.39 is 5.97 Å². The van der Waals surface area contributed by atoms with Crippen molar-refractivity contribution in [3.63, 3.8) is 0 Å². The molecular formula is C20H29N2O3+. The highest BCUT2D eigenvalue weighted by molar-refractivity contribution is 5.94. The molecule has 25 heavy (non-hydrogen) atoms. The Balaban J connectivity index is 2.43. The summed E-state index contributed by atoms with van der Waals surface area (Å²) in [6.07, 6.45) is 2.31. The average Bonchev–Trinajstić information content (AvgIpc) is 2.61. The number of carbonyl (C=O) groups is 1. The van der Waals surface area contributed by atoms with E-state index in [1.165, 1.54) is 4.90 Å². The van der Waals surface area contributed by atoms with Crippen molar-refractivity contribution in [2.75, 3.05) is 19.7 Å². The molecule has 1 aromatic heterocycles. The summed E-state index contributed by atoms with van der Waals surface area (Å²) in [4.78, 5) is 29.7. The number of benzene rings is 1. The third-order valence-electron chi connectivity index (χ3n) is 4.63. The predicted octanol–water partition coefficient (Wildman–Crippen LogP) is 2.22. The molecule has 0 spiro atoms. The molecule has 5 nitrogen and oxygen atoms in total. The van der Waals surface area contributed by atoms with E-state index in [0.29, 0.717) is 24.1 Å². The molecule has 0 fully saturated rings. The molecule has 1 atom stereocenters. The van der Waals surface area contributed by atoms with Gasteiger partial charge < -0.3 is 14.6 Å². The molecule has 0 aliphatic rings. The summed E-state index contributed by atoms with van der Waals surface area (Å²) in [7, 11) is 0. The highest BCUT2D eigenvalue weighted by Gasteiger charge is 2.16. The Morgan fingerprint density at radius 2 is 2.00 bits per heavy atom. The number of H-pyrrole nitrogens is 1. The number of aromatic amines is 1. The fourth-order valence-electron chi connectivity index (χ4n) is 3.07. The van der Waals surface area contributed by atoms with Crippen LogP contribution in [0.4, 0.5) is 0 Å². The lowest BCUT2D eigenvalue weighted by molar-refractivity contribution is -0.912. The third kappa shape index (κ3) is 4.48. The van der Waals surface area contributed by atoms with Gasteiger partial charge in [-0.1, -0.05) is 13.3 Å². The van der Waals surface area contributed by atoms with Crippen LogP contribution >= 0.6 is 0 Å². The quantitative estimate of drug-likeness (QED) is 0.721. The maximum atomic E-state index is 13.0. The van der Waals surface area contributed by atoms with Crippen LogP contribution in [-0.4, -0.2) is 30.6 Å². The number of rotatable bonds is 8. The number of nitrogens with one attached hydrogen (secondary N) is 2. The van der Waals surface area contributed by atoms with E-state index in [9.17, 15) is 9.59 Å². The minimum atomic E-state index is -0.394. The second-order valence-electron chi connectivity index (χ2n) is 6.42. The van der Waals surface area contributed by atoms with Crippen LogP contribution in [0.25, 0.3) is 10.9 Å². The SMILES string of the molecule is CCCC[NH+](CC)Cc1c(C)[nH]c2ccc(C(=O)OCC)cc2c1=O. The van der Waals surface area contributed by atoms with Gasteiger partial charge in [-0.25, -0.2) is 4.79 Å². The average molecular weight is 345 g/mol. The maximum Gasteiger partial charge on any atom is 0.338 e. The predicted molar refractivity (Wildman–Crippen MR) is 100 cm³/mol. The van der Waals surface area contributed by atoms with Crippen LogP contribution in [0.5, 0.6) is 0 Å². The van der Waals surface area contributed by atoms with Crippen LogP contribution in [-0.2, 0) is 11.3 Å². The summed E-state index contributed by atoms with van der Waals surface area (Å²) in [6.45, 7) is 11.1. The van der Waals surface area contributed by atoms with Crippen molar-refractivity contribution in [2.24, 2.45) is 0 Å². The van der Waals surface area contributed by atoms with Crippen LogP contribution in [0.15, 0.2) is 23.0 Å². The van der Waals surface area contributed by atoms with Crippen LogP contribution in [0.1, 0.15) is 55.2 Å². The van der Waals surface area contributed by atoms with Crippen LogP contribution in [0.3, 0.4) is 0 Å². The molecule has 0 aliphatic heterocycles. The molecule has 0 bridgehead atoms. The fraction of sp³-hybridized carbons (Fsp3) is 0.500. The molecule has 136 valence electrons. The van der Waals surface area contributed by atoms with Gasteiger partial charge in [0.1, 0.15) is 6.54 Å². The van der Waals surface area contributed by atoms with E-state index in [1.54, 1.807) is 25.1 Å². The van der Waals surface area contributed by atoms with Crippen molar-refractivity contribution in [2.45, 2.75) is 47.1 Å². The topological polar surface area (TPSA) is 63.6 Å². The zero-order chi connectivity index (χ0) is 18.4. The Hall–Kier alpha value is -2.14. The summed E-state index contributed by atoms with van der Waals surface area (Å²) in [6, 6.07) is 5.12. The van der Waals surface area contributed by atoms with Gasteiger partial charge in [-0.2, -0.15) is 0 Å². The first-order chi connectivity index (χ1) is 12.0. The van der Waals surface area contributed by atoms with E-state index in [-0.39, 0.29) is 5.43 Å². The molecule has 0 aliphatic carbocycles. The normalized spacial score (nSPS) is 12.3. The standard InChI is InChI=1S/C20H28N2O3/c1-5-8-11-22(6-2)13-17-14(4)21-18-10-9-15(20(24)25-7-3)12-16(18)19(17)23/h9-10,12H,5-8,11,13H2,1-4H3,(H,21,23)/p+1. The second-order valence-corrected chi connectivity index (χ2v) is 6.42. The summed E-state index contributed by atoms with van der Waals surface area (Å²) < 4.78 is 5.04. The molecule has 1 heterocycles. The van der Waals surface area contributed by atoms with Gasteiger partial charge in [0.2, 0.25) is 0 Å². The number of pyridine rings is 1. The molecule has 5 heteroatoms. The highest BCUT2D eigenvalue weighted by Crippen LogP contribution is 2.14. The highest BCUT2D eigenvalue weighted by atomic mass is 16.5. The zero-order valence-corrected chi connectivity index (χ0v) is 15.7. The van der Waals surface area contributed by atoms with Gasteiger partial charge in [-0.15, -0.1) is 0 Å². The lowest BCUT2D eigenvalue weighted by Gasteiger charge is -2.18. The van der Waals surface area contributed by atoms with Crippen LogP contribution in [0, 0.1) is 6.92 Å². The van der Waals surface area contributed by atoms with Gasteiger partial charge in [-0.3, -0.25) is 4.79 Å². The van der Waals surface area contributed by atoms with Gasteiger partial charge in [0.05, 0.1) is 30.8 Å². The Bertz CT molecular complexity index is 795. The van der Waals surface area contributed by atoms with Crippen LogP contribution in [0.2, 0.25) is 0 Å². The maximum absolute atomic E-state index is 13.0. The lowest BCUT2D eigenvalue weighted by Crippen LogP contribution is -3.10. The number of hydrogen-bond donors (Lipinski definition) is 2. The van der Waals surface area contributed by atoms with Crippen molar-refractivity contribution >= 4 is 16.9 Å². The molecular weight excluding hydrogens is 316 g/mol. The number of ether oxygens (including phenoxy) is 1. The number of fused-ring (bicyclic) bond motifs is 1. The van der Waals surface area contributed by atoms with Crippen molar-refractivity contribution in [1.82, 2.24) is 4.98 Å². The summed E-state index contributed by atoms with van der Waals surface area (Å²) >= 11 is 0. The molecule has 1 unspecified atom stereocenters. The third-order valence-corrected chi connectivity index (χ3v) is 4.63. The largest absolute Gasteiger partial charge is 0.462 e. The van der Waals surface area contributed by atoms with E-state index in [0.717, 1.165) is 42.7 Å². The molecule has 2 rings (SSSR count). The number of aromatic nitrogens is 1. The fourth-order valence-corrected chi connectivity index (χ4v) is 3.07. The number of carbonyl (C=O) groups excluding carboxylic acids is 1. The van der Waals surface area contributed by atoms with E-state index in [1.807, 2.05) is 6.92 Å². The number of quaternary nitrogens is 1. The first-order valence-corrected chi connectivity index (χ1v) is 9.17. The van der Waals surface area contributed by atoms with Crippen LogP contribution < -0.4 is 10.3 Å². The Labute approximate surface area is 149 Å². The lowest BCUT2D eigenvalue weighted by atomic mass is 10.1. The van der Waals surface area contributed by atoms with Crippen molar-refractivity contribution in [1.29, 1.82) is 0 Å². The number of aryl methyl sites for hydroxylation is 1. The van der Waals surface area contributed by atoms with Gasteiger partial charge >= 0.3 is 5.97 Å². The Morgan fingerprint density at radius 1 is 1.24 bits per heavy atom. The van der Waals surface area contributed by atoms with Gasteiger partial charge in [-0.05, 0) is 45.4 Å². The summed E-state index contributed by atoms with van der Waals surface area (Å²) in [5, 5.41) is 0.553.